The van der Waals surface area contributed by atoms with E-state index in [1.54, 1.807) is 0 Å². The highest BCUT2D eigenvalue weighted by molar-refractivity contribution is 5.72. The normalized spacial score (nSPS) is 13.5. The lowest BCUT2D eigenvalue weighted by atomic mass is 10.1. The summed E-state index contributed by atoms with van der Waals surface area (Å²) in [5, 5.41) is 9.64. The van der Waals surface area contributed by atoms with Crippen molar-refractivity contribution in [2.45, 2.75) is 206 Å². The summed E-state index contributed by atoms with van der Waals surface area (Å²) in [7, 11) is 5.51. The van der Waals surface area contributed by atoms with Crippen LogP contribution >= 0.6 is 0 Å². The number of carbonyl (C=O) groups excluding carboxylic acids is 2. The van der Waals surface area contributed by atoms with Crippen LogP contribution < -0.4 is 0 Å². The number of nitrogens with zero attached hydrogens (tertiary/aromatic N) is 1. The quantitative estimate of drug-likeness (QED) is 0.0282. The molecule has 0 radical (unpaired) electrons. The number of quaternary nitrogens is 1. The van der Waals surface area contributed by atoms with Gasteiger partial charge in [-0.05, 0) is 89.9 Å². The molecule has 8 nitrogen and oxygen atoms in total. The molecule has 0 amide bonds. The van der Waals surface area contributed by atoms with Crippen molar-refractivity contribution in [3.05, 3.63) is 72.9 Å². The van der Waals surface area contributed by atoms with Crippen LogP contribution in [-0.2, 0) is 28.6 Å². The van der Waals surface area contributed by atoms with Crippen LogP contribution in [0.3, 0.4) is 0 Å². The van der Waals surface area contributed by atoms with E-state index >= 15 is 0 Å². The number of allylic oxidation sites excluding steroid dienone is 12. The van der Waals surface area contributed by atoms with Crippen LogP contribution in [0.1, 0.15) is 194 Å². The molecule has 0 saturated carbocycles. The van der Waals surface area contributed by atoms with Crippen molar-refractivity contribution >= 4 is 17.9 Å². The van der Waals surface area contributed by atoms with Gasteiger partial charge >= 0.3 is 17.9 Å². The first-order chi connectivity index (χ1) is 29.6. The Bertz CT molecular complexity index is 1230. The maximum Gasteiger partial charge on any atom is 0.362 e. The molecule has 0 aliphatic heterocycles. The highest BCUT2D eigenvalue weighted by atomic mass is 16.6. The molecule has 0 aliphatic carbocycles. The molecular formula is C53H92NO7+. The number of carbonyl (C=O) groups is 3. The lowest BCUT2D eigenvalue weighted by molar-refractivity contribution is -0.887. The van der Waals surface area contributed by atoms with Crippen molar-refractivity contribution in [1.82, 2.24) is 0 Å². The molecule has 2 atom stereocenters. The number of rotatable bonds is 43. The third-order valence-corrected chi connectivity index (χ3v) is 10.6. The van der Waals surface area contributed by atoms with Gasteiger partial charge in [-0.1, -0.05) is 157 Å². The smallest absolute Gasteiger partial charge is 0.362 e. The van der Waals surface area contributed by atoms with Crippen LogP contribution in [0, 0.1) is 0 Å². The fraction of sp³-hybridized carbons (Fsp3) is 0.717. The Morgan fingerprint density at radius 2 is 0.869 bits per heavy atom. The van der Waals surface area contributed by atoms with Crippen LogP contribution in [0.5, 0.6) is 0 Å². The number of aliphatic carboxylic acids is 1. The Morgan fingerprint density at radius 3 is 1.36 bits per heavy atom. The number of hydrogen-bond acceptors (Lipinski definition) is 6. The van der Waals surface area contributed by atoms with Gasteiger partial charge in [0.2, 0.25) is 0 Å². The van der Waals surface area contributed by atoms with Gasteiger partial charge in [0.1, 0.15) is 6.61 Å². The summed E-state index contributed by atoms with van der Waals surface area (Å²) < 4.78 is 17.3. The molecule has 2 unspecified atom stereocenters. The second-order valence-electron chi connectivity index (χ2n) is 17.4. The van der Waals surface area contributed by atoms with E-state index in [1.165, 1.54) is 83.5 Å². The average Bonchev–Trinajstić information content (AvgIpc) is 3.22. The van der Waals surface area contributed by atoms with E-state index in [1.807, 2.05) is 21.1 Å². The number of hydrogen-bond donors (Lipinski definition) is 1. The minimum atomic E-state index is -0.884. The lowest BCUT2D eigenvalue weighted by Gasteiger charge is -2.31. The number of carboxylic acids is 1. The molecule has 0 heterocycles. The third kappa shape index (κ3) is 41.9. The van der Waals surface area contributed by atoms with Crippen LogP contribution in [0.25, 0.3) is 0 Å². The molecule has 0 fully saturated rings. The summed E-state index contributed by atoms with van der Waals surface area (Å²) in [6.45, 7) is 4.65. The highest BCUT2D eigenvalue weighted by Gasteiger charge is 2.31. The maximum atomic E-state index is 12.8. The maximum absolute atomic E-state index is 12.8. The molecule has 0 aromatic heterocycles. The summed E-state index contributed by atoms with van der Waals surface area (Å²) in [5.41, 5.74) is 0. The van der Waals surface area contributed by atoms with E-state index in [9.17, 15) is 19.5 Å². The van der Waals surface area contributed by atoms with Gasteiger partial charge < -0.3 is 23.8 Å². The van der Waals surface area contributed by atoms with Crippen molar-refractivity contribution in [2.24, 2.45) is 0 Å². The molecule has 0 rings (SSSR count). The van der Waals surface area contributed by atoms with Crippen LogP contribution in [0.15, 0.2) is 72.9 Å². The Morgan fingerprint density at radius 1 is 0.492 bits per heavy atom. The molecule has 1 N–H and O–H groups in total. The monoisotopic (exact) mass is 855 g/mol. The van der Waals surface area contributed by atoms with Gasteiger partial charge in [0.15, 0.2) is 12.1 Å². The van der Waals surface area contributed by atoms with Crippen molar-refractivity contribution in [1.29, 1.82) is 0 Å². The van der Waals surface area contributed by atoms with Gasteiger partial charge in [0.05, 0.1) is 34.4 Å². The largest absolute Gasteiger partial charge is 0.477 e. The molecule has 0 bridgehead atoms. The average molecular weight is 855 g/mol. The number of likely N-dealkylation sites (N-methyl/N-ethyl adjacent to an activating group) is 1. The topological polar surface area (TPSA) is 99.1 Å². The minimum Gasteiger partial charge on any atom is -0.477 e. The van der Waals surface area contributed by atoms with E-state index in [-0.39, 0.29) is 36.2 Å². The first-order valence-corrected chi connectivity index (χ1v) is 24.5. The summed E-state index contributed by atoms with van der Waals surface area (Å²) in [6.07, 6.45) is 55.2. The van der Waals surface area contributed by atoms with Crippen LogP contribution in [-0.4, -0.2) is 80.6 Å². The van der Waals surface area contributed by atoms with Gasteiger partial charge in [-0.3, -0.25) is 9.59 Å². The number of ether oxygens (including phenoxy) is 3. The molecule has 0 aliphatic rings. The van der Waals surface area contributed by atoms with E-state index in [4.69, 9.17) is 14.2 Å². The second-order valence-corrected chi connectivity index (χ2v) is 17.4. The van der Waals surface area contributed by atoms with E-state index in [0.29, 0.717) is 25.7 Å². The molecule has 350 valence electrons. The van der Waals surface area contributed by atoms with Crippen LogP contribution in [0.4, 0.5) is 0 Å². The zero-order chi connectivity index (χ0) is 44.9. The zero-order valence-electron chi connectivity index (χ0n) is 39.8. The first kappa shape index (κ1) is 57.8. The SMILES string of the molecule is CCCCC/C=C/C/C=C/C/C=C/C/C=C/C/C=C/CCCCC(=O)OCC(COCCC(C(=O)O)[N+](C)(C)C)OC(=O)CCCCCCC/C=C/CCCCCCCCC. The summed E-state index contributed by atoms with van der Waals surface area (Å²) in [5.74, 6) is -1.54. The third-order valence-electron chi connectivity index (χ3n) is 10.6. The first-order valence-electron chi connectivity index (χ1n) is 24.5. The molecule has 0 saturated heterocycles. The molecule has 8 heteroatoms. The molecule has 0 aromatic rings. The van der Waals surface area contributed by atoms with E-state index < -0.39 is 18.1 Å². The molecule has 0 spiro atoms. The minimum absolute atomic E-state index is 0.0409. The molecule has 61 heavy (non-hydrogen) atoms. The lowest BCUT2D eigenvalue weighted by Crippen LogP contribution is -2.50. The Kier molecular flexibility index (Phi) is 41.1. The predicted molar refractivity (Wildman–Crippen MR) is 257 cm³/mol. The second kappa shape index (κ2) is 43.4. The Labute approximate surface area is 374 Å². The standard InChI is InChI=1S/C53H91NO7/c1-6-8-10-12-14-16-18-20-22-24-25-26-27-28-30-31-33-35-37-39-41-43-51(55)60-48-49(47-59-46-45-50(53(57)58)54(3,4)5)61-52(56)44-42-40-38-36-34-32-29-23-21-19-17-15-13-11-9-7-2/h14,16,20,22-23,25-26,28-30,33,35,49-50H,6-13,15,17-19,21,24,27,31-32,34,36-48H2,1-5H3/p+1/b16-14+,22-20+,26-25+,29-23+,30-28+,35-33+. The van der Waals surface area contributed by atoms with Gasteiger partial charge in [0, 0.05) is 19.3 Å². The van der Waals surface area contributed by atoms with Crippen molar-refractivity contribution < 1.29 is 38.2 Å². The van der Waals surface area contributed by atoms with Gasteiger partial charge in [-0.2, -0.15) is 0 Å². The van der Waals surface area contributed by atoms with Gasteiger partial charge in [-0.25, -0.2) is 4.79 Å². The van der Waals surface area contributed by atoms with Gasteiger partial charge in [-0.15, -0.1) is 0 Å². The van der Waals surface area contributed by atoms with Crippen LogP contribution in [0.2, 0.25) is 0 Å². The number of esters is 2. The summed E-state index contributed by atoms with van der Waals surface area (Å²) in [6, 6.07) is -0.626. The number of carboxylic acid groups (broad SMARTS) is 1. The van der Waals surface area contributed by atoms with Crippen molar-refractivity contribution in [2.75, 3.05) is 41.0 Å². The van der Waals surface area contributed by atoms with Gasteiger partial charge in [0.25, 0.3) is 0 Å². The molecule has 0 aromatic carbocycles. The van der Waals surface area contributed by atoms with E-state index in [2.05, 4.69) is 86.8 Å². The Hall–Kier alpha value is -3.23. The fourth-order valence-electron chi connectivity index (χ4n) is 6.75. The molecular weight excluding hydrogens is 763 g/mol. The highest BCUT2D eigenvalue weighted by Crippen LogP contribution is 2.13. The van der Waals surface area contributed by atoms with Crippen molar-refractivity contribution in [3.8, 4) is 0 Å². The zero-order valence-corrected chi connectivity index (χ0v) is 39.8. The Balaban J connectivity index is 4.39. The van der Waals surface area contributed by atoms with E-state index in [0.717, 1.165) is 70.6 Å². The number of unbranched alkanes of at least 4 members (excludes halogenated alkanes) is 17. The summed E-state index contributed by atoms with van der Waals surface area (Å²) >= 11 is 0. The van der Waals surface area contributed by atoms with Crippen molar-refractivity contribution in [3.63, 3.8) is 0 Å². The predicted octanol–water partition coefficient (Wildman–Crippen LogP) is 13.9. The summed E-state index contributed by atoms with van der Waals surface area (Å²) in [4.78, 5) is 37.1. The fourth-order valence-corrected chi connectivity index (χ4v) is 6.75.